The van der Waals surface area contributed by atoms with E-state index in [-0.39, 0.29) is 34.6 Å². The summed E-state index contributed by atoms with van der Waals surface area (Å²) < 4.78 is 40.3. The summed E-state index contributed by atoms with van der Waals surface area (Å²) in [4.78, 5) is 38.0. The molecule has 4 aromatic rings. The fourth-order valence-corrected chi connectivity index (χ4v) is 4.47. The van der Waals surface area contributed by atoms with Gasteiger partial charge in [-0.05, 0) is 73.2 Å². The third-order valence-electron chi connectivity index (χ3n) is 6.44. The molecule has 0 saturated heterocycles. The Morgan fingerprint density at radius 2 is 1.54 bits per heavy atom. The van der Waals surface area contributed by atoms with Gasteiger partial charge in [0.1, 0.15) is 5.69 Å². The second-order valence-electron chi connectivity index (χ2n) is 9.72. The number of benzene rings is 3. The summed E-state index contributed by atoms with van der Waals surface area (Å²) in [7, 11) is 0. The number of aryl methyl sites for hydroxylation is 1. The zero-order valence-electron chi connectivity index (χ0n) is 22.5. The molecule has 0 unspecified atom stereocenters. The van der Waals surface area contributed by atoms with E-state index in [2.05, 4.69) is 16.0 Å². The highest BCUT2D eigenvalue weighted by Gasteiger charge is 2.30. The largest absolute Gasteiger partial charge is 0.416 e. The molecule has 0 fully saturated rings. The third-order valence-corrected chi connectivity index (χ3v) is 6.77. The van der Waals surface area contributed by atoms with E-state index < -0.39 is 23.6 Å². The minimum atomic E-state index is -4.47. The molecule has 7 nitrogen and oxygen atoms in total. The Morgan fingerprint density at radius 1 is 0.878 bits per heavy atom. The number of rotatable bonds is 8. The van der Waals surface area contributed by atoms with Crippen LogP contribution < -0.4 is 16.0 Å². The van der Waals surface area contributed by atoms with Crippen LogP contribution in [0.3, 0.4) is 0 Å². The number of nitrogens with zero attached hydrogens (tertiary/aromatic N) is 1. The van der Waals surface area contributed by atoms with Crippen LogP contribution in [0.4, 0.5) is 24.5 Å². The monoisotopic (exact) mass is 584 g/mol. The first-order chi connectivity index (χ1) is 19.4. The fraction of sp³-hybridized carbons (Fsp3) is 0.233. The van der Waals surface area contributed by atoms with Crippen LogP contribution in [0.2, 0.25) is 5.02 Å². The van der Waals surface area contributed by atoms with E-state index in [9.17, 15) is 27.6 Å². The Bertz CT molecular complexity index is 1610. The number of anilines is 2. The Morgan fingerprint density at radius 3 is 2.17 bits per heavy atom. The van der Waals surface area contributed by atoms with E-state index in [1.54, 1.807) is 60.9 Å². The molecule has 41 heavy (non-hydrogen) atoms. The maximum Gasteiger partial charge on any atom is 0.416 e. The van der Waals surface area contributed by atoms with Gasteiger partial charge in [0.15, 0.2) is 0 Å². The van der Waals surface area contributed by atoms with Gasteiger partial charge in [0.05, 0.1) is 16.1 Å². The highest BCUT2D eigenvalue weighted by molar-refractivity contribution is 6.34. The molecule has 0 radical (unpaired) electrons. The SMILES string of the molecule is CCn1c(C(=O)Nc2ccc(C(F)(F)F)cc2)cc2cc(NC(=O)c3cc(CNC(=O)C(C)C)ccc3Cl)ccc21. The van der Waals surface area contributed by atoms with Crippen molar-refractivity contribution in [2.45, 2.75) is 40.0 Å². The van der Waals surface area contributed by atoms with Crippen LogP contribution in [-0.2, 0) is 24.1 Å². The number of fused-ring (bicyclic) bond motifs is 1. The predicted molar refractivity (Wildman–Crippen MR) is 153 cm³/mol. The minimum Gasteiger partial charge on any atom is -0.352 e. The van der Waals surface area contributed by atoms with Crippen molar-refractivity contribution >= 4 is 51.6 Å². The molecule has 214 valence electrons. The van der Waals surface area contributed by atoms with Crippen LogP contribution in [-0.4, -0.2) is 22.3 Å². The van der Waals surface area contributed by atoms with E-state index in [0.717, 1.165) is 17.6 Å². The van der Waals surface area contributed by atoms with Crippen LogP contribution in [0, 0.1) is 5.92 Å². The average molecular weight is 585 g/mol. The lowest BCUT2D eigenvalue weighted by Gasteiger charge is -2.11. The first-order valence-corrected chi connectivity index (χ1v) is 13.2. The van der Waals surface area contributed by atoms with Gasteiger partial charge < -0.3 is 20.5 Å². The number of alkyl halides is 3. The van der Waals surface area contributed by atoms with Gasteiger partial charge in [0.2, 0.25) is 5.91 Å². The van der Waals surface area contributed by atoms with Gasteiger partial charge in [-0.2, -0.15) is 13.2 Å². The summed E-state index contributed by atoms with van der Waals surface area (Å²) in [6.07, 6.45) is -4.47. The Labute approximate surface area is 239 Å². The lowest BCUT2D eigenvalue weighted by atomic mass is 10.1. The molecular formula is C30H28ClF3N4O3. The van der Waals surface area contributed by atoms with E-state index in [1.165, 1.54) is 12.1 Å². The van der Waals surface area contributed by atoms with E-state index >= 15 is 0 Å². The van der Waals surface area contributed by atoms with Crippen molar-refractivity contribution < 1.29 is 27.6 Å². The summed E-state index contributed by atoms with van der Waals surface area (Å²) in [5, 5.41) is 9.20. The summed E-state index contributed by atoms with van der Waals surface area (Å²) in [6.45, 7) is 6.15. The maximum absolute atomic E-state index is 13.1. The smallest absolute Gasteiger partial charge is 0.352 e. The second kappa shape index (κ2) is 12.1. The molecule has 4 rings (SSSR count). The van der Waals surface area contributed by atoms with Crippen molar-refractivity contribution in [3.8, 4) is 0 Å². The number of halogens is 4. The van der Waals surface area contributed by atoms with Crippen LogP contribution in [0.15, 0.2) is 66.7 Å². The topological polar surface area (TPSA) is 92.2 Å². The Kier molecular flexibility index (Phi) is 8.72. The van der Waals surface area contributed by atoms with Crippen molar-refractivity contribution in [3.63, 3.8) is 0 Å². The van der Waals surface area contributed by atoms with Crippen molar-refractivity contribution in [3.05, 3.63) is 94.1 Å². The van der Waals surface area contributed by atoms with E-state index in [4.69, 9.17) is 11.6 Å². The number of hydrogen-bond acceptors (Lipinski definition) is 3. The molecule has 3 aromatic carbocycles. The van der Waals surface area contributed by atoms with Gasteiger partial charge in [0, 0.05) is 41.3 Å². The summed E-state index contributed by atoms with van der Waals surface area (Å²) in [5.41, 5.74) is 1.90. The van der Waals surface area contributed by atoms with Gasteiger partial charge in [-0.25, -0.2) is 0 Å². The van der Waals surface area contributed by atoms with Crippen molar-refractivity contribution in [2.75, 3.05) is 10.6 Å². The first-order valence-electron chi connectivity index (χ1n) is 12.9. The Balaban J connectivity index is 1.52. The number of aromatic nitrogens is 1. The van der Waals surface area contributed by atoms with Gasteiger partial charge >= 0.3 is 6.18 Å². The molecule has 1 aromatic heterocycles. The highest BCUT2D eigenvalue weighted by atomic mass is 35.5. The normalized spacial score (nSPS) is 11.5. The molecular weight excluding hydrogens is 557 g/mol. The quantitative estimate of drug-likeness (QED) is 0.206. The molecule has 3 amide bonds. The molecule has 0 aliphatic rings. The molecule has 0 saturated carbocycles. The molecule has 0 atom stereocenters. The molecule has 0 aliphatic carbocycles. The first kappa shape index (κ1) is 29.7. The predicted octanol–water partition coefficient (Wildman–Crippen LogP) is 7.11. The number of amides is 3. The van der Waals surface area contributed by atoms with Gasteiger partial charge in [-0.3, -0.25) is 14.4 Å². The zero-order valence-corrected chi connectivity index (χ0v) is 23.3. The van der Waals surface area contributed by atoms with Crippen LogP contribution in [0.1, 0.15) is 52.7 Å². The average Bonchev–Trinajstić information content (AvgIpc) is 3.30. The van der Waals surface area contributed by atoms with Crippen LogP contribution in [0.25, 0.3) is 10.9 Å². The van der Waals surface area contributed by atoms with Crippen LogP contribution >= 0.6 is 11.6 Å². The van der Waals surface area contributed by atoms with Crippen molar-refractivity contribution in [1.82, 2.24) is 9.88 Å². The number of hydrogen-bond donors (Lipinski definition) is 3. The van der Waals surface area contributed by atoms with E-state index in [0.29, 0.717) is 28.9 Å². The standard InChI is InChI=1S/C30H28ClF3N4O3/c1-4-38-25-12-10-22(37-28(40)23-13-18(5-11-24(23)31)16-35-27(39)17(2)3)14-19(25)15-26(38)29(41)36-21-8-6-20(7-9-21)30(32,33)34/h5-15,17H,4,16H2,1-3H3,(H,35,39)(H,36,41)(H,37,40). The van der Waals surface area contributed by atoms with Gasteiger partial charge in [-0.15, -0.1) is 0 Å². The summed E-state index contributed by atoms with van der Waals surface area (Å²) in [6, 6.07) is 16.0. The minimum absolute atomic E-state index is 0.106. The second-order valence-corrected chi connectivity index (χ2v) is 10.1. The molecule has 0 aliphatic heterocycles. The highest BCUT2D eigenvalue weighted by Crippen LogP contribution is 2.30. The lowest BCUT2D eigenvalue weighted by molar-refractivity contribution is -0.137. The molecule has 0 bridgehead atoms. The fourth-order valence-electron chi connectivity index (χ4n) is 4.26. The Hall–Kier alpha value is -4.31. The summed E-state index contributed by atoms with van der Waals surface area (Å²) >= 11 is 6.29. The van der Waals surface area contributed by atoms with E-state index in [1.807, 2.05) is 6.92 Å². The van der Waals surface area contributed by atoms with Gasteiger partial charge in [0.25, 0.3) is 11.8 Å². The zero-order chi connectivity index (χ0) is 29.9. The molecule has 0 spiro atoms. The molecule has 11 heteroatoms. The lowest BCUT2D eigenvalue weighted by Crippen LogP contribution is -2.27. The number of nitrogens with one attached hydrogen (secondary N) is 3. The van der Waals surface area contributed by atoms with Crippen molar-refractivity contribution in [1.29, 1.82) is 0 Å². The number of carbonyl (C=O) groups excluding carboxylic acids is 3. The van der Waals surface area contributed by atoms with Crippen LogP contribution in [0.5, 0.6) is 0 Å². The number of carbonyl (C=O) groups is 3. The maximum atomic E-state index is 13.1. The van der Waals surface area contributed by atoms with Gasteiger partial charge in [-0.1, -0.05) is 31.5 Å². The summed E-state index contributed by atoms with van der Waals surface area (Å²) in [5.74, 6) is -1.20. The van der Waals surface area contributed by atoms with Crippen molar-refractivity contribution in [2.24, 2.45) is 5.92 Å². The third kappa shape index (κ3) is 6.89. The molecule has 1 heterocycles. The molecule has 3 N–H and O–H groups in total.